The summed E-state index contributed by atoms with van der Waals surface area (Å²) >= 11 is 0.245. The molecule has 1 aromatic heterocycles. The van der Waals surface area contributed by atoms with Crippen LogP contribution in [0.4, 0.5) is 23.1 Å². The van der Waals surface area contributed by atoms with Crippen molar-refractivity contribution in [3.63, 3.8) is 0 Å². The lowest BCUT2D eigenvalue weighted by molar-refractivity contribution is -0.266. The largest absolute Gasteiger partial charge is 0.445 e. The van der Waals surface area contributed by atoms with E-state index in [0.29, 0.717) is 0 Å². The Morgan fingerprint density at radius 2 is 2.14 bits per heavy atom. The summed E-state index contributed by atoms with van der Waals surface area (Å²) in [6, 6.07) is -0.571. The van der Waals surface area contributed by atoms with Crippen LogP contribution in [0.25, 0.3) is 0 Å². The number of likely N-dealkylation sites (N-methyl/N-ethyl adjacent to an activating group) is 1. The smallest absolute Gasteiger partial charge is 0.323 e. The average Bonchev–Trinajstić information content (AvgIpc) is 2.96. The number of halogens is 3. The molecular weight excluding hydrogens is 313 g/mol. The number of amides is 2. The maximum absolute atomic E-state index is 12.5. The van der Waals surface area contributed by atoms with E-state index in [1.165, 1.54) is 18.9 Å². The number of hydrogen-bond donors (Lipinski definition) is 0. The lowest BCUT2D eigenvalue weighted by Gasteiger charge is -2.16. The zero-order chi connectivity index (χ0) is 15.6. The number of anilines is 1. The van der Waals surface area contributed by atoms with Gasteiger partial charge in [-0.25, -0.2) is 9.69 Å². The minimum atomic E-state index is -4.62. The molecule has 0 saturated carbocycles. The zero-order valence-electron chi connectivity index (χ0n) is 10.8. The molecule has 1 fully saturated rings. The molecule has 1 atom stereocenters. The van der Waals surface area contributed by atoms with Crippen LogP contribution in [0.3, 0.4) is 0 Å². The van der Waals surface area contributed by atoms with Crippen LogP contribution < -0.4 is 4.90 Å². The van der Waals surface area contributed by atoms with Crippen molar-refractivity contribution >= 4 is 22.5 Å². The molecule has 1 unspecified atom stereocenters. The first-order chi connectivity index (χ1) is 9.84. The van der Waals surface area contributed by atoms with Crippen LogP contribution in [0.2, 0.25) is 0 Å². The van der Waals surface area contributed by atoms with Crippen molar-refractivity contribution in [3.05, 3.63) is 5.01 Å². The predicted octanol–water partition coefficient (Wildman–Crippen LogP) is 1.68. The van der Waals surface area contributed by atoms with Gasteiger partial charge in [0.2, 0.25) is 16.4 Å². The maximum Gasteiger partial charge on any atom is 0.445 e. The Kier molecular flexibility index (Phi) is 4.19. The molecule has 2 amide bonds. The SMILES string of the molecule is CC#COOC1CN(C)C(=O)N1c1nnc(C(F)(F)F)s1. The number of carbonyl (C=O) groups is 1. The second-order valence-corrected chi connectivity index (χ2v) is 4.86. The minimum Gasteiger partial charge on any atom is -0.323 e. The number of urea groups is 1. The Balaban J connectivity index is 2.22. The molecule has 1 aromatic rings. The normalized spacial score (nSPS) is 18.7. The third-order valence-electron chi connectivity index (χ3n) is 2.42. The molecule has 2 heterocycles. The number of hydrogen-bond acceptors (Lipinski definition) is 6. The van der Waals surface area contributed by atoms with Crippen LogP contribution in [0.5, 0.6) is 0 Å². The summed E-state index contributed by atoms with van der Waals surface area (Å²) in [6.07, 6.45) is -3.42. The van der Waals surface area contributed by atoms with Gasteiger partial charge in [0.1, 0.15) is 0 Å². The second kappa shape index (κ2) is 5.74. The molecule has 0 N–H and O–H groups in total. The molecule has 2 rings (SSSR count). The van der Waals surface area contributed by atoms with E-state index in [1.807, 2.05) is 0 Å². The van der Waals surface area contributed by atoms with E-state index in [0.717, 1.165) is 4.90 Å². The van der Waals surface area contributed by atoms with Crippen molar-refractivity contribution in [3.8, 4) is 12.0 Å². The van der Waals surface area contributed by atoms with E-state index in [9.17, 15) is 18.0 Å². The van der Waals surface area contributed by atoms with Crippen LogP contribution in [0, 0.1) is 12.0 Å². The third kappa shape index (κ3) is 3.17. The summed E-state index contributed by atoms with van der Waals surface area (Å²) in [6.45, 7) is 1.60. The standard InChI is InChI=1S/C10H9F3N4O3S/c1-3-4-19-20-6-5-16(2)9(18)17(6)8-15-14-7(21-8)10(11,12)13/h6H,5H2,1-2H3. The van der Waals surface area contributed by atoms with Crippen molar-refractivity contribution in [1.82, 2.24) is 15.1 Å². The highest BCUT2D eigenvalue weighted by atomic mass is 32.1. The fourth-order valence-electron chi connectivity index (χ4n) is 1.53. The fraction of sp³-hybridized carbons (Fsp3) is 0.500. The summed E-state index contributed by atoms with van der Waals surface area (Å²) in [7, 11) is 1.47. The van der Waals surface area contributed by atoms with Crippen molar-refractivity contribution in [1.29, 1.82) is 0 Å². The summed E-state index contributed by atoms with van der Waals surface area (Å²) in [5.41, 5.74) is 0. The molecule has 0 spiro atoms. The van der Waals surface area contributed by atoms with Gasteiger partial charge in [0.25, 0.3) is 0 Å². The van der Waals surface area contributed by atoms with E-state index >= 15 is 0 Å². The van der Waals surface area contributed by atoms with Crippen LogP contribution >= 0.6 is 11.3 Å². The molecule has 0 aliphatic carbocycles. The first-order valence-electron chi connectivity index (χ1n) is 5.53. The molecule has 0 radical (unpaired) electrons. The highest BCUT2D eigenvalue weighted by Gasteiger charge is 2.43. The van der Waals surface area contributed by atoms with Gasteiger partial charge in [0.15, 0.2) is 6.11 Å². The van der Waals surface area contributed by atoms with Crippen LogP contribution in [-0.4, -0.2) is 40.9 Å². The molecule has 0 bridgehead atoms. The van der Waals surface area contributed by atoms with Crippen molar-refractivity contribution < 1.29 is 27.7 Å². The van der Waals surface area contributed by atoms with Crippen LogP contribution in [-0.2, 0) is 16.0 Å². The Bertz CT molecular complexity index is 594. The van der Waals surface area contributed by atoms with Crippen LogP contribution in [0.15, 0.2) is 0 Å². The lowest BCUT2D eigenvalue weighted by Crippen LogP contribution is -2.35. The fourth-order valence-corrected chi connectivity index (χ4v) is 2.27. The summed E-state index contributed by atoms with van der Waals surface area (Å²) in [5, 5.41) is 5.04. The number of rotatable bonds is 3. The van der Waals surface area contributed by atoms with Gasteiger partial charge in [0.05, 0.1) is 6.54 Å². The van der Waals surface area contributed by atoms with Gasteiger partial charge >= 0.3 is 12.2 Å². The molecular formula is C10H9F3N4O3S. The summed E-state index contributed by atoms with van der Waals surface area (Å²) < 4.78 is 37.6. The Hall–Kier alpha value is -2.06. The van der Waals surface area contributed by atoms with Gasteiger partial charge in [0, 0.05) is 14.0 Å². The molecule has 7 nitrogen and oxygen atoms in total. The summed E-state index contributed by atoms with van der Waals surface area (Å²) in [4.78, 5) is 23.6. The molecule has 1 aliphatic heterocycles. The minimum absolute atomic E-state index is 0.0885. The van der Waals surface area contributed by atoms with E-state index < -0.39 is 23.4 Å². The van der Waals surface area contributed by atoms with Gasteiger partial charge in [-0.3, -0.25) is 4.89 Å². The van der Waals surface area contributed by atoms with Gasteiger partial charge in [-0.15, -0.1) is 10.2 Å². The number of alkyl halides is 3. The van der Waals surface area contributed by atoms with Crippen molar-refractivity contribution in [2.24, 2.45) is 0 Å². The monoisotopic (exact) mass is 322 g/mol. The molecule has 114 valence electrons. The average molecular weight is 322 g/mol. The Morgan fingerprint density at radius 1 is 1.43 bits per heavy atom. The topological polar surface area (TPSA) is 67.8 Å². The van der Waals surface area contributed by atoms with E-state index in [4.69, 9.17) is 4.89 Å². The van der Waals surface area contributed by atoms with E-state index in [-0.39, 0.29) is 23.0 Å². The van der Waals surface area contributed by atoms with E-state index in [2.05, 4.69) is 27.1 Å². The zero-order valence-corrected chi connectivity index (χ0v) is 11.7. The molecule has 21 heavy (non-hydrogen) atoms. The number of carbonyl (C=O) groups excluding carboxylic acids is 1. The summed E-state index contributed by atoms with van der Waals surface area (Å²) in [5.74, 6) is 2.40. The van der Waals surface area contributed by atoms with Gasteiger partial charge in [-0.05, 0) is 0 Å². The van der Waals surface area contributed by atoms with Crippen LogP contribution in [0.1, 0.15) is 11.9 Å². The Labute approximate surface area is 121 Å². The van der Waals surface area contributed by atoms with Crippen molar-refractivity contribution in [2.75, 3.05) is 18.5 Å². The van der Waals surface area contributed by atoms with Gasteiger partial charge in [-0.2, -0.15) is 18.1 Å². The molecule has 1 saturated heterocycles. The van der Waals surface area contributed by atoms with Gasteiger partial charge < -0.3 is 4.90 Å². The predicted molar refractivity (Wildman–Crippen MR) is 64.8 cm³/mol. The first-order valence-corrected chi connectivity index (χ1v) is 6.35. The first kappa shape index (κ1) is 15.3. The molecule has 1 aliphatic rings. The molecule has 11 heteroatoms. The van der Waals surface area contributed by atoms with Crippen molar-refractivity contribution in [2.45, 2.75) is 19.3 Å². The Morgan fingerprint density at radius 3 is 2.71 bits per heavy atom. The van der Waals surface area contributed by atoms with Gasteiger partial charge in [-0.1, -0.05) is 17.3 Å². The quantitative estimate of drug-likeness (QED) is 0.481. The molecule has 0 aromatic carbocycles. The lowest BCUT2D eigenvalue weighted by atomic mass is 10.5. The maximum atomic E-state index is 12.5. The highest BCUT2D eigenvalue weighted by Crippen LogP contribution is 2.36. The third-order valence-corrected chi connectivity index (χ3v) is 3.38. The second-order valence-electron chi connectivity index (χ2n) is 3.91. The highest BCUT2D eigenvalue weighted by molar-refractivity contribution is 7.15. The van der Waals surface area contributed by atoms with E-state index in [1.54, 1.807) is 0 Å². The number of nitrogens with zero attached hydrogens (tertiary/aromatic N) is 4. The number of aromatic nitrogens is 2.